The fourth-order valence-electron chi connectivity index (χ4n) is 3.61. The molecule has 0 saturated heterocycles. The number of nitrogens with one attached hydrogen (secondary N) is 3. The molecule has 14 heteroatoms. The summed E-state index contributed by atoms with van der Waals surface area (Å²) in [6.07, 6.45) is 2.69. The number of halogens is 2. The van der Waals surface area contributed by atoms with E-state index in [1.807, 2.05) is 0 Å². The summed E-state index contributed by atoms with van der Waals surface area (Å²) >= 11 is 6.19. The van der Waals surface area contributed by atoms with E-state index in [0.717, 1.165) is 18.9 Å². The molecule has 1 atom stereocenters. The lowest BCUT2D eigenvalue weighted by atomic mass is 10.1. The van der Waals surface area contributed by atoms with Gasteiger partial charge in [-0.25, -0.2) is 37.3 Å². The van der Waals surface area contributed by atoms with E-state index >= 15 is 4.39 Å². The highest BCUT2D eigenvalue weighted by atomic mass is 35.5. The summed E-state index contributed by atoms with van der Waals surface area (Å²) in [5.41, 5.74) is -0.380. The van der Waals surface area contributed by atoms with Crippen LogP contribution in [0.4, 0.5) is 15.1 Å². The number of aromatic nitrogens is 3. The van der Waals surface area contributed by atoms with Crippen LogP contribution in [0.3, 0.4) is 0 Å². The molecule has 1 aliphatic carbocycles. The quantitative estimate of drug-likeness (QED) is 0.327. The van der Waals surface area contributed by atoms with Crippen LogP contribution in [0.2, 0.25) is 5.02 Å². The van der Waals surface area contributed by atoms with Gasteiger partial charge in [0, 0.05) is 35.3 Å². The predicted molar refractivity (Wildman–Crippen MR) is 143 cm³/mol. The molecule has 0 aliphatic heterocycles. The molecule has 39 heavy (non-hydrogen) atoms. The fraction of sp³-hybridized carbons (Fsp3) is 0.440. The second-order valence-electron chi connectivity index (χ2n) is 10.2. The molecule has 1 saturated carbocycles. The Hall–Kier alpha value is -3.29. The highest BCUT2D eigenvalue weighted by Crippen LogP contribution is 2.44. The number of oxazole rings is 1. The van der Waals surface area contributed by atoms with E-state index in [-0.39, 0.29) is 46.5 Å². The van der Waals surface area contributed by atoms with Crippen LogP contribution < -0.4 is 15.4 Å². The normalized spacial score (nSPS) is 14.6. The van der Waals surface area contributed by atoms with Crippen molar-refractivity contribution < 1.29 is 26.8 Å². The van der Waals surface area contributed by atoms with E-state index in [1.165, 1.54) is 19.3 Å². The Morgan fingerprint density at radius 3 is 2.64 bits per heavy atom. The summed E-state index contributed by atoms with van der Waals surface area (Å²) in [5.74, 6) is -0.151. The molecule has 2 heterocycles. The number of hydrogen-bond acceptors (Lipinski definition) is 9. The van der Waals surface area contributed by atoms with Gasteiger partial charge in [-0.15, -0.1) is 0 Å². The minimum atomic E-state index is -4.14. The highest BCUT2D eigenvalue weighted by Gasteiger charge is 2.33. The summed E-state index contributed by atoms with van der Waals surface area (Å²) in [6.45, 7) is 7.40. The predicted octanol–water partition coefficient (Wildman–Crippen LogP) is 4.70. The van der Waals surface area contributed by atoms with Crippen LogP contribution >= 0.6 is 11.6 Å². The third-order valence-corrected chi connectivity index (χ3v) is 7.24. The number of amides is 1. The van der Waals surface area contributed by atoms with Crippen LogP contribution in [-0.4, -0.2) is 54.7 Å². The molecule has 3 aromatic rings. The van der Waals surface area contributed by atoms with Crippen molar-refractivity contribution in [2.24, 2.45) is 0 Å². The SMILES string of the molecule is CNS(=O)(=O)c1cc(Cl)cc(-c2nc(C3CC3)oc2-c2ccnc(NC[C@H](C)NC(=O)OC(C)(C)C)n2)c1F. The van der Waals surface area contributed by atoms with E-state index in [4.69, 9.17) is 20.8 Å². The first-order valence-corrected chi connectivity index (χ1v) is 14.1. The Bertz CT molecular complexity index is 1490. The van der Waals surface area contributed by atoms with Crippen LogP contribution in [0.25, 0.3) is 22.7 Å². The van der Waals surface area contributed by atoms with Gasteiger partial charge in [0.2, 0.25) is 16.0 Å². The Kier molecular flexibility index (Phi) is 8.14. The van der Waals surface area contributed by atoms with Gasteiger partial charge < -0.3 is 19.8 Å². The Morgan fingerprint density at radius 2 is 2.00 bits per heavy atom. The standard InChI is InChI=1S/C25H30ClFN6O5S/c1-13(31-24(34)38-25(2,3)4)12-30-23-29-9-8-17(32-23)21-20(33-22(37-21)14-6-7-14)16-10-15(26)11-18(19(16)27)39(35,36)28-5/h8-11,13-14,28H,6-7,12H2,1-5H3,(H,31,34)(H,29,30,32)/t13-/m0/s1. The molecule has 210 valence electrons. The number of hydrogen-bond donors (Lipinski definition) is 3. The number of anilines is 1. The number of ether oxygens (including phenoxy) is 1. The molecule has 11 nitrogen and oxygen atoms in total. The van der Waals surface area contributed by atoms with Gasteiger partial charge in [-0.05, 0) is 65.8 Å². The number of benzene rings is 1. The zero-order chi connectivity index (χ0) is 28.5. The fourth-order valence-corrected chi connectivity index (χ4v) is 4.75. The van der Waals surface area contributed by atoms with Gasteiger partial charge in [0.15, 0.2) is 17.5 Å². The monoisotopic (exact) mass is 580 g/mol. The van der Waals surface area contributed by atoms with Crippen LogP contribution in [0.5, 0.6) is 0 Å². The molecule has 1 fully saturated rings. The molecule has 2 aromatic heterocycles. The third-order valence-electron chi connectivity index (χ3n) is 5.61. The van der Waals surface area contributed by atoms with Crippen molar-refractivity contribution in [1.29, 1.82) is 0 Å². The van der Waals surface area contributed by atoms with Crippen LogP contribution in [0.1, 0.15) is 52.3 Å². The van der Waals surface area contributed by atoms with Gasteiger partial charge in [-0.1, -0.05) is 11.6 Å². The first kappa shape index (κ1) is 28.7. The number of rotatable bonds is 9. The van der Waals surface area contributed by atoms with Gasteiger partial charge in [-0.2, -0.15) is 0 Å². The van der Waals surface area contributed by atoms with Crippen molar-refractivity contribution >= 4 is 33.7 Å². The summed E-state index contributed by atoms with van der Waals surface area (Å²) in [5, 5.41) is 5.78. The van der Waals surface area contributed by atoms with Crippen molar-refractivity contribution in [1.82, 2.24) is 25.0 Å². The molecule has 0 spiro atoms. The largest absolute Gasteiger partial charge is 0.444 e. The number of carbonyl (C=O) groups excluding carboxylic acids is 1. The molecule has 0 radical (unpaired) electrons. The lowest BCUT2D eigenvalue weighted by Gasteiger charge is -2.22. The van der Waals surface area contributed by atoms with Gasteiger partial charge in [0.1, 0.15) is 21.9 Å². The third kappa shape index (κ3) is 7.02. The maximum atomic E-state index is 15.6. The van der Waals surface area contributed by atoms with Gasteiger partial charge in [0.05, 0.1) is 0 Å². The van der Waals surface area contributed by atoms with E-state index in [9.17, 15) is 13.2 Å². The smallest absolute Gasteiger partial charge is 0.407 e. The lowest BCUT2D eigenvalue weighted by Crippen LogP contribution is -2.41. The summed E-state index contributed by atoms with van der Waals surface area (Å²) in [7, 11) is -2.96. The van der Waals surface area contributed by atoms with Gasteiger partial charge in [0.25, 0.3) is 0 Å². The summed E-state index contributed by atoms with van der Waals surface area (Å²) in [6, 6.07) is 3.59. The second-order valence-corrected chi connectivity index (χ2v) is 12.5. The van der Waals surface area contributed by atoms with Crippen molar-refractivity contribution in [2.75, 3.05) is 18.9 Å². The van der Waals surface area contributed by atoms with E-state index in [2.05, 4.69) is 30.3 Å². The van der Waals surface area contributed by atoms with Crippen LogP contribution in [-0.2, 0) is 14.8 Å². The van der Waals surface area contributed by atoms with Crippen LogP contribution in [0, 0.1) is 5.82 Å². The van der Waals surface area contributed by atoms with Gasteiger partial charge >= 0.3 is 6.09 Å². The average molecular weight is 581 g/mol. The lowest BCUT2D eigenvalue weighted by molar-refractivity contribution is 0.0511. The Balaban J connectivity index is 1.64. The van der Waals surface area contributed by atoms with E-state index in [1.54, 1.807) is 33.8 Å². The molecule has 3 N–H and O–H groups in total. The number of carbonyl (C=O) groups is 1. The average Bonchev–Trinajstić information content (AvgIpc) is 3.61. The van der Waals surface area contributed by atoms with E-state index in [0.29, 0.717) is 11.6 Å². The molecule has 0 bridgehead atoms. The number of alkyl carbamates (subject to hydrolysis) is 1. The number of nitrogens with zero attached hydrogens (tertiary/aromatic N) is 3. The first-order valence-electron chi connectivity index (χ1n) is 12.3. The first-order chi connectivity index (χ1) is 18.3. The molecule has 1 amide bonds. The minimum Gasteiger partial charge on any atom is -0.444 e. The topological polar surface area (TPSA) is 148 Å². The van der Waals surface area contributed by atoms with Crippen molar-refractivity contribution in [3.8, 4) is 22.7 Å². The number of sulfonamides is 1. The molecular formula is C25H30ClFN6O5S. The maximum Gasteiger partial charge on any atom is 0.407 e. The minimum absolute atomic E-state index is 0.0127. The molecule has 4 rings (SSSR count). The summed E-state index contributed by atoms with van der Waals surface area (Å²) in [4.78, 5) is 24.6. The molecule has 0 unspecified atom stereocenters. The summed E-state index contributed by atoms with van der Waals surface area (Å²) < 4.78 is 53.8. The van der Waals surface area contributed by atoms with Gasteiger partial charge in [-0.3, -0.25) is 0 Å². The zero-order valence-corrected chi connectivity index (χ0v) is 23.7. The van der Waals surface area contributed by atoms with Crippen molar-refractivity contribution in [3.63, 3.8) is 0 Å². The van der Waals surface area contributed by atoms with Crippen LogP contribution in [0.15, 0.2) is 33.7 Å². The second kappa shape index (κ2) is 11.1. The molecule has 1 aromatic carbocycles. The van der Waals surface area contributed by atoms with Crippen molar-refractivity contribution in [2.45, 2.75) is 63.0 Å². The highest BCUT2D eigenvalue weighted by molar-refractivity contribution is 7.89. The van der Waals surface area contributed by atoms with Crippen molar-refractivity contribution in [3.05, 3.63) is 41.1 Å². The van der Waals surface area contributed by atoms with E-state index < -0.39 is 32.4 Å². The molecule has 1 aliphatic rings. The molecular weight excluding hydrogens is 551 g/mol. The zero-order valence-electron chi connectivity index (χ0n) is 22.1. The Morgan fingerprint density at radius 1 is 1.28 bits per heavy atom. The maximum absolute atomic E-state index is 15.6. The Labute approximate surface area is 231 Å².